The molecular weight excluding hydrogens is 356 g/mol. The molecule has 7 heteroatoms. The zero-order chi connectivity index (χ0) is 19.7. The van der Waals surface area contributed by atoms with Gasteiger partial charge in [-0.2, -0.15) is 9.78 Å². The van der Waals surface area contributed by atoms with Crippen LogP contribution in [0.1, 0.15) is 16.1 Å². The van der Waals surface area contributed by atoms with E-state index in [0.717, 1.165) is 11.3 Å². The third-order valence-electron chi connectivity index (χ3n) is 4.47. The Morgan fingerprint density at radius 1 is 1.07 bits per heavy atom. The van der Waals surface area contributed by atoms with Crippen LogP contribution < -0.4 is 4.74 Å². The summed E-state index contributed by atoms with van der Waals surface area (Å²) in [5, 5.41) is 5.21. The molecule has 4 rings (SSSR count). The van der Waals surface area contributed by atoms with E-state index in [2.05, 4.69) is 10.1 Å². The number of nitrogens with zero attached hydrogens (tertiary/aromatic N) is 4. The fourth-order valence-corrected chi connectivity index (χ4v) is 3.11. The SMILES string of the molecule is COC(=O)c1cc(-c2ccc(OC)cc2)nc2c1c(C)nn2-c1ccccn1. The van der Waals surface area contributed by atoms with E-state index in [1.165, 1.54) is 7.11 Å². The van der Waals surface area contributed by atoms with Crippen molar-refractivity contribution in [2.24, 2.45) is 0 Å². The lowest BCUT2D eigenvalue weighted by molar-refractivity contribution is 0.0603. The lowest BCUT2D eigenvalue weighted by Crippen LogP contribution is -2.05. The Morgan fingerprint density at radius 2 is 1.86 bits per heavy atom. The summed E-state index contributed by atoms with van der Waals surface area (Å²) in [5.41, 5.74) is 3.12. The van der Waals surface area contributed by atoms with Crippen LogP contribution >= 0.6 is 0 Å². The molecule has 0 fully saturated rings. The number of methoxy groups -OCH3 is 2. The summed E-state index contributed by atoms with van der Waals surface area (Å²) < 4.78 is 11.9. The monoisotopic (exact) mass is 374 g/mol. The topological polar surface area (TPSA) is 79.1 Å². The molecule has 0 aliphatic rings. The average Bonchev–Trinajstić information content (AvgIpc) is 3.09. The molecule has 3 aromatic heterocycles. The number of ether oxygens (including phenoxy) is 2. The molecule has 140 valence electrons. The zero-order valence-corrected chi connectivity index (χ0v) is 15.7. The largest absolute Gasteiger partial charge is 0.497 e. The predicted molar refractivity (Wildman–Crippen MR) is 105 cm³/mol. The van der Waals surface area contributed by atoms with E-state index >= 15 is 0 Å². The smallest absolute Gasteiger partial charge is 0.338 e. The summed E-state index contributed by atoms with van der Waals surface area (Å²) in [4.78, 5) is 21.6. The Kier molecular flexibility index (Phi) is 4.49. The fraction of sp³-hybridized carbons (Fsp3) is 0.143. The molecule has 0 unspecified atom stereocenters. The van der Waals surface area contributed by atoms with Gasteiger partial charge in [-0.25, -0.2) is 14.8 Å². The maximum Gasteiger partial charge on any atom is 0.338 e. The molecule has 0 aliphatic heterocycles. The molecule has 28 heavy (non-hydrogen) atoms. The van der Waals surface area contributed by atoms with E-state index in [1.54, 1.807) is 24.1 Å². The number of rotatable bonds is 4. The molecule has 1 aromatic carbocycles. The molecule has 0 radical (unpaired) electrons. The van der Waals surface area contributed by atoms with Gasteiger partial charge in [0.25, 0.3) is 0 Å². The van der Waals surface area contributed by atoms with E-state index in [4.69, 9.17) is 14.5 Å². The molecule has 0 spiro atoms. The zero-order valence-electron chi connectivity index (χ0n) is 15.7. The maximum atomic E-state index is 12.5. The van der Waals surface area contributed by atoms with Gasteiger partial charge in [0, 0.05) is 11.8 Å². The van der Waals surface area contributed by atoms with Crippen LogP contribution in [-0.2, 0) is 4.74 Å². The molecule has 0 amide bonds. The summed E-state index contributed by atoms with van der Waals surface area (Å²) in [6.45, 7) is 1.84. The summed E-state index contributed by atoms with van der Waals surface area (Å²) in [6, 6.07) is 14.8. The van der Waals surface area contributed by atoms with Crippen molar-refractivity contribution in [3.63, 3.8) is 0 Å². The minimum atomic E-state index is -0.439. The first-order chi connectivity index (χ1) is 13.6. The van der Waals surface area contributed by atoms with Crippen LogP contribution in [0.4, 0.5) is 0 Å². The minimum Gasteiger partial charge on any atom is -0.497 e. The first-order valence-electron chi connectivity index (χ1n) is 8.67. The van der Waals surface area contributed by atoms with Gasteiger partial charge in [-0.3, -0.25) is 0 Å². The lowest BCUT2D eigenvalue weighted by Gasteiger charge is -2.08. The highest BCUT2D eigenvalue weighted by molar-refractivity contribution is 6.05. The number of aryl methyl sites for hydroxylation is 1. The van der Waals surface area contributed by atoms with Crippen molar-refractivity contribution in [2.75, 3.05) is 14.2 Å². The molecule has 0 saturated heterocycles. The Balaban J connectivity index is 2.00. The van der Waals surface area contributed by atoms with Gasteiger partial charge in [-0.1, -0.05) is 6.07 Å². The molecule has 0 atom stereocenters. The number of pyridine rings is 2. The molecule has 7 nitrogen and oxygen atoms in total. The molecule has 0 N–H and O–H groups in total. The van der Waals surface area contributed by atoms with Crippen LogP contribution in [0, 0.1) is 6.92 Å². The van der Waals surface area contributed by atoms with E-state index in [-0.39, 0.29) is 0 Å². The van der Waals surface area contributed by atoms with Crippen molar-refractivity contribution in [1.29, 1.82) is 0 Å². The molecule has 0 saturated carbocycles. The summed E-state index contributed by atoms with van der Waals surface area (Å²) >= 11 is 0. The quantitative estimate of drug-likeness (QED) is 0.508. The number of benzene rings is 1. The van der Waals surface area contributed by atoms with Gasteiger partial charge >= 0.3 is 5.97 Å². The second-order valence-corrected chi connectivity index (χ2v) is 6.16. The van der Waals surface area contributed by atoms with Crippen LogP contribution in [0.25, 0.3) is 28.1 Å². The molecule has 3 heterocycles. The lowest BCUT2D eigenvalue weighted by atomic mass is 10.1. The first kappa shape index (κ1) is 17.7. The molecular formula is C21H18N4O3. The Labute approximate surface area is 161 Å². The molecule has 0 aliphatic carbocycles. The van der Waals surface area contributed by atoms with Crippen molar-refractivity contribution in [3.8, 4) is 22.8 Å². The van der Waals surface area contributed by atoms with Crippen LogP contribution in [0.5, 0.6) is 5.75 Å². The Morgan fingerprint density at radius 3 is 2.50 bits per heavy atom. The van der Waals surface area contributed by atoms with Gasteiger partial charge in [-0.15, -0.1) is 0 Å². The third-order valence-corrected chi connectivity index (χ3v) is 4.47. The van der Waals surface area contributed by atoms with Crippen LogP contribution in [-0.4, -0.2) is 39.9 Å². The van der Waals surface area contributed by atoms with E-state index in [0.29, 0.717) is 33.8 Å². The van der Waals surface area contributed by atoms with E-state index in [9.17, 15) is 4.79 Å². The van der Waals surface area contributed by atoms with Crippen LogP contribution in [0.3, 0.4) is 0 Å². The highest BCUT2D eigenvalue weighted by Crippen LogP contribution is 2.29. The summed E-state index contributed by atoms with van der Waals surface area (Å²) in [6.07, 6.45) is 1.69. The highest BCUT2D eigenvalue weighted by atomic mass is 16.5. The predicted octanol–water partition coefficient (Wildman–Crippen LogP) is 3.59. The average molecular weight is 374 g/mol. The highest BCUT2D eigenvalue weighted by Gasteiger charge is 2.21. The number of hydrogen-bond acceptors (Lipinski definition) is 6. The van der Waals surface area contributed by atoms with Crippen molar-refractivity contribution < 1.29 is 14.3 Å². The van der Waals surface area contributed by atoms with Gasteiger partial charge in [0.2, 0.25) is 0 Å². The summed E-state index contributed by atoms with van der Waals surface area (Å²) in [5.74, 6) is 0.925. The van der Waals surface area contributed by atoms with Gasteiger partial charge < -0.3 is 9.47 Å². The number of carbonyl (C=O) groups is 1. The number of fused-ring (bicyclic) bond motifs is 1. The van der Waals surface area contributed by atoms with E-state index in [1.807, 2.05) is 49.4 Å². The van der Waals surface area contributed by atoms with Gasteiger partial charge in [0.05, 0.1) is 36.6 Å². The van der Waals surface area contributed by atoms with Gasteiger partial charge in [-0.05, 0) is 49.4 Å². The van der Waals surface area contributed by atoms with E-state index < -0.39 is 5.97 Å². The fourth-order valence-electron chi connectivity index (χ4n) is 3.11. The second-order valence-electron chi connectivity index (χ2n) is 6.16. The van der Waals surface area contributed by atoms with Crippen molar-refractivity contribution in [1.82, 2.24) is 19.7 Å². The van der Waals surface area contributed by atoms with Crippen LogP contribution in [0.2, 0.25) is 0 Å². The van der Waals surface area contributed by atoms with Crippen molar-refractivity contribution in [2.45, 2.75) is 6.92 Å². The standard InChI is InChI=1S/C21H18N4O3/c1-13-19-16(21(26)28-3)12-17(14-7-9-15(27-2)10-8-14)23-20(19)25(24-13)18-6-4-5-11-22-18/h4-12H,1-3H3. The number of hydrogen-bond donors (Lipinski definition) is 0. The Bertz CT molecular complexity index is 1150. The minimum absolute atomic E-state index is 0.415. The van der Waals surface area contributed by atoms with Crippen molar-refractivity contribution in [3.05, 3.63) is 66.0 Å². The van der Waals surface area contributed by atoms with Crippen molar-refractivity contribution >= 4 is 17.0 Å². The second kappa shape index (κ2) is 7.11. The normalized spacial score (nSPS) is 10.8. The first-order valence-corrected chi connectivity index (χ1v) is 8.67. The maximum absolute atomic E-state index is 12.5. The summed E-state index contributed by atoms with van der Waals surface area (Å²) in [7, 11) is 2.98. The Hall–Kier alpha value is -3.74. The molecule has 4 aromatic rings. The third kappa shape index (κ3) is 2.96. The van der Waals surface area contributed by atoms with Gasteiger partial charge in [0.1, 0.15) is 5.75 Å². The molecule has 0 bridgehead atoms. The van der Waals surface area contributed by atoms with Crippen LogP contribution in [0.15, 0.2) is 54.7 Å². The number of esters is 1. The van der Waals surface area contributed by atoms with Gasteiger partial charge in [0.15, 0.2) is 11.5 Å². The number of aromatic nitrogens is 4. The number of carbonyl (C=O) groups excluding carboxylic acids is 1.